The quantitative estimate of drug-likeness (QED) is 0.841. The van der Waals surface area contributed by atoms with E-state index in [9.17, 15) is 9.59 Å². The monoisotopic (exact) mass is 306 g/mol. The van der Waals surface area contributed by atoms with E-state index in [0.29, 0.717) is 12.5 Å². The summed E-state index contributed by atoms with van der Waals surface area (Å²) in [6.07, 6.45) is 0.245. The molecule has 0 saturated carbocycles. The summed E-state index contributed by atoms with van der Waals surface area (Å²) in [7, 11) is 3.39. The predicted molar refractivity (Wildman–Crippen MR) is 86.6 cm³/mol. The van der Waals surface area contributed by atoms with Crippen molar-refractivity contribution in [3.05, 3.63) is 29.8 Å². The zero-order valence-electron chi connectivity index (χ0n) is 14.1. The highest BCUT2D eigenvalue weighted by atomic mass is 16.5. The second-order valence-electron chi connectivity index (χ2n) is 5.90. The van der Waals surface area contributed by atoms with Gasteiger partial charge in [0.2, 0.25) is 11.8 Å². The average molecular weight is 306 g/mol. The fourth-order valence-corrected chi connectivity index (χ4v) is 2.31. The van der Waals surface area contributed by atoms with Crippen molar-refractivity contribution < 1.29 is 14.3 Å². The lowest BCUT2D eigenvalue weighted by Gasteiger charge is -2.24. The predicted octanol–water partition coefficient (Wildman–Crippen LogP) is 2.38. The first-order chi connectivity index (χ1) is 10.3. The van der Waals surface area contributed by atoms with E-state index in [1.54, 1.807) is 19.1 Å². The summed E-state index contributed by atoms with van der Waals surface area (Å²) >= 11 is 0. The lowest BCUT2D eigenvalue weighted by molar-refractivity contribution is -0.131. The number of nitrogens with one attached hydrogen (secondary N) is 1. The van der Waals surface area contributed by atoms with Crippen LogP contribution in [0.4, 0.5) is 0 Å². The van der Waals surface area contributed by atoms with Crippen molar-refractivity contribution in [2.45, 2.75) is 33.2 Å². The van der Waals surface area contributed by atoms with Gasteiger partial charge >= 0.3 is 0 Å². The van der Waals surface area contributed by atoms with Gasteiger partial charge in [0.1, 0.15) is 5.75 Å². The molecule has 122 valence electrons. The maximum absolute atomic E-state index is 12.3. The van der Waals surface area contributed by atoms with Crippen molar-refractivity contribution in [3.8, 4) is 5.75 Å². The Kier molecular flexibility index (Phi) is 6.89. The second-order valence-corrected chi connectivity index (χ2v) is 5.90. The zero-order valence-corrected chi connectivity index (χ0v) is 14.1. The minimum Gasteiger partial charge on any atom is -0.497 e. The highest BCUT2D eigenvalue weighted by molar-refractivity contribution is 5.79. The fourth-order valence-electron chi connectivity index (χ4n) is 2.31. The standard InChI is InChI=1S/C17H26N2O3/c1-12(2)11-19(4)17(21)10-16(18-13(3)20)14-6-8-15(22-5)9-7-14/h6-9,12,16H,10-11H2,1-5H3,(H,18,20). The van der Waals surface area contributed by atoms with Crippen molar-refractivity contribution in [3.63, 3.8) is 0 Å². The molecule has 5 nitrogen and oxygen atoms in total. The maximum Gasteiger partial charge on any atom is 0.224 e. The Morgan fingerprint density at radius 1 is 1.23 bits per heavy atom. The third-order valence-corrected chi connectivity index (χ3v) is 3.34. The molecule has 0 heterocycles. The summed E-state index contributed by atoms with van der Waals surface area (Å²) < 4.78 is 5.13. The number of methoxy groups -OCH3 is 1. The van der Waals surface area contributed by atoms with Crippen LogP contribution in [-0.4, -0.2) is 37.4 Å². The summed E-state index contributed by atoms with van der Waals surface area (Å²) in [4.78, 5) is 25.4. The second kappa shape index (κ2) is 8.41. The molecule has 0 saturated heterocycles. The topological polar surface area (TPSA) is 58.6 Å². The largest absolute Gasteiger partial charge is 0.497 e. The van der Waals surface area contributed by atoms with Crippen LogP contribution in [-0.2, 0) is 9.59 Å². The number of ether oxygens (including phenoxy) is 1. The van der Waals surface area contributed by atoms with Crippen molar-refractivity contribution in [1.29, 1.82) is 0 Å². The van der Waals surface area contributed by atoms with Crippen molar-refractivity contribution in [1.82, 2.24) is 10.2 Å². The Hall–Kier alpha value is -2.04. The van der Waals surface area contributed by atoms with Crippen LogP contribution in [0.5, 0.6) is 5.75 Å². The lowest BCUT2D eigenvalue weighted by atomic mass is 10.0. The van der Waals surface area contributed by atoms with E-state index in [1.807, 2.05) is 24.3 Å². The number of carbonyl (C=O) groups is 2. The Morgan fingerprint density at radius 3 is 2.27 bits per heavy atom. The van der Waals surface area contributed by atoms with Crippen LogP contribution in [0.3, 0.4) is 0 Å². The number of carbonyl (C=O) groups excluding carboxylic acids is 2. The number of amides is 2. The van der Waals surface area contributed by atoms with E-state index in [2.05, 4.69) is 19.2 Å². The normalized spacial score (nSPS) is 11.9. The van der Waals surface area contributed by atoms with Crippen LogP contribution in [0.2, 0.25) is 0 Å². The van der Waals surface area contributed by atoms with E-state index < -0.39 is 0 Å². The third-order valence-electron chi connectivity index (χ3n) is 3.34. The van der Waals surface area contributed by atoms with Gasteiger partial charge in [-0.3, -0.25) is 9.59 Å². The summed E-state index contributed by atoms with van der Waals surface area (Å²) in [5, 5.41) is 2.85. The fraction of sp³-hybridized carbons (Fsp3) is 0.529. The Morgan fingerprint density at radius 2 is 1.82 bits per heavy atom. The lowest BCUT2D eigenvalue weighted by Crippen LogP contribution is -2.35. The molecule has 1 aromatic rings. The van der Waals surface area contributed by atoms with Crippen LogP contribution >= 0.6 is 0 Å². The Bertz CT molecular complexity index is 497. The zero-order chi connectivity index (χ0) is 16.7. The first-order valence-electron chi connectivity index (χ1n) is 7.48. The molecule has 0 aliphatic carbocycles. The van der Waals surface area contributed by atoms with E-state index in [-0.39, 0.29) is 24.3 Å². The smallest absolute Gasteiger partial charge is 0.224 e. The minimum absolute atomic E-state index is 0.0169. The molecule has 22 heavy (non-hydrogen) atoms. The highest BCUT2D eigenvalue weighted by Gasteiger charge is 2.20. The van der Waals surface area contributed by atoms with Crippen LogP contribution in [0, 0.1) is 5.92 Å². The molecule has 0 aromatic heterocycles. The van der Waals surface area contributed by atoms with Crippen molar-refractivity contribution in [2.75, 3.05) is 20.7 Å². The summed E-state index contributed by atoms with van der Waals surface area (Å²) in [5.41, 5.74) is 0.891. The number of benzene rings is 1. The number of hydrogen-bond acceptors (Lipinski definition) is 3. The van der Waals surface area contributed by atoms with E-state index in [1.165, 1.54) is 6.92 Å². The van der Waals surface area contributed by atoms with Gasteiger partial charge in [0.25, 0.3) is 0 Å². The molecule has 0 fully saturated rings. The molecule has 0 aliphatic rings. The number of nitrogens with zero attached hydrogens (tertiary/aromatic N) is 1. The molecule has 1 atom stereocenters. The van der Waals surface area contributed by atoms with E-state index in [4.69, 9.17) is 4.74 Å². The molecule has 2 amide bonds. The SMILES string of the molecule is COc1ccc(C(CC(=O)N(C)CC(C)C)NC(C)=O)cc1. The van der Waals surface area contributed by atoms with Gasteiger partial charge in [0.15, 0.2) is 0 Å². The van der Waals surface area contributed by atoms with Gasteiger partial charge in [-0.1, -0.05) is 26.0 Å². The summed E-state index contributed by atoms with van der Waals surface area (Å²) in [5.74, 6) is 1.02. The van der Waals surface area contributed by atoms with Crippen LogP contribution < -0.4 is 10.1 Å². The van der Waals surface area contributed by atoms with Crippen LogP contribution in [0.25, 0.3) is 0 Å². The summed E-state index contributed by atoms with van der Waals surface area (Å²) in [6.45, 7) is 6.30. The summed E-state index contributed by atoms with van der Waals surface area (Å²) in [6, 6.07) is 7.06. The van der Waals surface area contributed by atoms with Gasteiger partial charge in [-0.05, 0) is 23.6 Å². The molecule has 1 aromatic carbocycles. The van der Waals surface area contributed by atoms with Crippen molar-refractivity contribution in [2.24, 2.45) is 5.92 Å². The van der Waals surface area contributed by atoms with Crippen LogP contribution in [0.1, 0.15) is 38.8 Å². The van der Waals surface area contributed by atoms with Gasteiger partial charge in [-0.15, -0.1) is 0 Å². The van der Waals surface area contributed by atoms with Gasteiger partial charge in [-0.2, -0.15) is 0 Å². The first kappa shape index (κ1) is 18.0. The molecular formula is C17H26N2O3. The minimum atomic E-state index is -0.328. The number of hydrogen-bond donors (Lipinski definition) is 1. The molecule has 0 aliphatic heterocycles. The molecular weight excluding hydrogens is 280 g/mol. The molecule has 1 unspecified atom stereocenters. The van der Waals surface area contributed by atoms with Crippen molar-refractivity contribution >= 4 is 11.8 Å². The highest BCUT2D eigenvalue weighted by Crippen LogP contribution is 2.21. The molecule has 1 rings (SSSR count). The van der Waals surface area contributed by atoms with Gasteiger partial charge in [-0.25, -0.2) is 0 Å². The molecule has 1 N–H and O–H groups in total. The van der Waals surface area contributed by atoms with E-state index >= 15 is 0 Å². The molecule has 0 bridgehead atoms. The molecule has 0 radical (unpaired) electrons. The average Bonchev–Trinajstić information content (AvgIpc) is 2.45. The maximum atomic E-state index is 12.3. The molecule has 5 heteroatoms. The Balaban J connectivity index is 2.83. The number of rotatable bonds is 7. The van der Waals surface area contributed by atoms with E-state index in [0.717, 1.165) is 11.3 Å². The van der Waals surface area contributed by atoms with Crippen LogP contribution in [0.15, 0.2) is 24.3 Å². The van der Waals surface area contributed by atoms with Gasteiger partial charge in [0.05, 0.1) is 19.6 Å². The Labute approximate surface area is 132 Å². The van der Waals surface area contributed by atoms with Gasteiger partial charge in [0, 0.05) is 20.5 Å². The molecule has 0 spiro atoms. The first-order valence-corrected chi connectivity index (χ1v) is 7.48. The van der Waals surface area contributed by atoms with Gasteiger partial charge < -0.3 is 15.0 Å². The third kappa shape index (κ3) is 5.76.